The summed E-state index contributed by atoms with van der Waals surface area (Å²) in [6.07, 6.45) is 3.82. The average molecular weight is 363 g/mol. The Kier molecular flexibility index (Phi) is 5.80. The Balaban J connectivity index is 2.25. The molecule has 1 aliphatic rings. The van der Waals surface area contributed by atoms with Crippen LogP contribution in [0.2, 0.25) is 5.02 Å². The molecule has 1 fully saturated rings. The molecular weight excluding hydrogens is 344 g/mol. The number of hydrogen-bond acceptors (Lipinski definition) is 4. The zero-order chi connectivity index (χ0) is 16.3. The largest absolute Gasteiger partial charge is 0.481 e. The molecule has 0 amide bonds. The van der Waals surface area contributed by atoms with Crippen molar-refractivity contribution in [3.05, 3.63) is 28.8 Å². The molecule has 1 saturated heterocycles. The van der Waals surface area contributed by atoms with Crippen molar-refractivity contribution in [2.75, 3.05) is 17.8 Å². The zero-order valence-electron chi connectivity index (χ0n) is 12.3. The lowest BCUT2D eigenvalue weighted by molar-refractivity contribution is -0.139. The standard InChI is InChI=1S/C15H19ClO4S2/c1-22(19,20)14-5-4-11(8-13(14)16)12(15(17)18)7-10-3-2-6-21-9-10/h4-5,8,10,12H,2-3,6-7,9H2,1H3,(H,17,18)/t10-,12?/m1/s1. The maximum Gasteiger partial charge on any atom is 0.310 e. The molecule has 0 saturated carbocycles. The van der Waals surface area contributed by atoms with Gasteiger partial charge in [0, 0.05) is 6.26 Å². The molecule has 1 heterocycles. The first-order valence-electron chi connectivity index (χ1n) is 7.09. The van der Waals surface area contributed by atoms with E-state index in [0.717, 1.165) is 30.6 Å². The lowest BCUT2D eigenvalue weighted by Gasteiger charge is -2.24. The summed E-state index contributed by atoms with van der Waals surface area (Å²) in [6.45, 7) is 0. The Morgan fingerprint density at radius 1 is 1.50 bits per heavy atom. The molecular formula is C15H19ClO4S2. The summed E-state index contributed by atoms with van der Waals surface area (Å²) in [4.78, 5) is 11.6. The minimum atomic E-state index is -3.41. The van der Waals surface area contributed by atoms with Gasteiger partial charge in [-0.15, -0.1) is 0 Å². The molecule has 0 bridgehead atoms. The third-order valence-corrected chi connectivity index (χ3v) is 6.74. The van der Waals surface area contributed by atoms with E-state index in [0.29, 0.717) is 17.9 Å². The van der Waals surface area contributed by atoms with Crippen LogP contribution >= 0.6 is 23.4 Å². The Labute approximate surface area is 140 Å². The van der Waals surface area contributed by atoms with Gasteiger partial charge in [-0.3, -0.25) is 4.79 Å². The summed E-state index contributed by atoms with van der Waals surface area (Å²) >= 11 is 7.89. The minimum Gasteiger partial charge on any atom is -0.481 e. The van der Waals surface area contributed by atoms with Crippen molar-refractivity contribution in [1.29, 1.82) is 0 Å². The Morgan fingerprint density at radius 3 is 2.73 bits per heavy atom. The topological polar surface area (TPSA) is 71.4 Å². The number of carboxylic acids is 1. The van der Waals surface area contributed by atoms with Crippen molar-refractivity contribution in [3.8, 4) is 0 Å². The van der Waals surface area contributed by atoms with Gasteiger partial charge in [-0.25, -0.2) is 8.42 Å². The van der Waals surface area contributed by atoms with Crippen LogP contribution in [-0.2, 0) is 14.6 Å². The third kappa shape index (κ3) is 4.40. The van der Waals surface area contributed by atoms with Gasteiger partial charge in [-0.1, -0.05) is 17.7 Å². The first-order valence-corrected chi connectivity index (χ1v) is 10.5. The number of hydrogen-bond donors (Lipinski definition) is 1. The highest BCUT2D eigenvalue weighted by molar-refractivity contribution is 7.99. The molecule has 22 heavy (non-hydrogen) atoms. The Bertz CT molecular complexity index is 652. The van der Waals surface area contributed by atoms with Crippen molar-refractivity contribution in [1.82, 2.24) is 0 Å². The van der Waals surface area contributed by atoms with E-state index in [9.17, 15) is 18.3 Å². The van der Waals surface area contributed by atoms with Gasteiger partial charge in [0.25, 0.3) is 0 Å². The van der Waals surface area contributed by atoms with Gasteiger partial charge in [0.1, 0.15) is 0 Å². The highest BCUT2D eigenvalue weighted by Gasteiger charge is 2.26. The van der Waals surface area contributed by atoms with E-state index in [1.54, 1.807) is 6.07 Å². The lowest BCUT2D eigenvalue weighted by atomic mass is 9.87. The van der Waals surface area contributed by atoms with Crippen LogP contribution in [0.25, 0.3) is 0 Å². The molecule has 2 atom stereocenters. The fraction of sp³-hybridized carbons (Fsp3) is 0.533. The van der Waals surface area contributed by atoms with E-state index in [4.69, 9.17) is 11.6 Å². The molecule has 1 aliphatic heterocycles. The third-order valence-electron chi connectivity index (χ3n) is 3.88. The number of halogens is 1. The number of carboxylic acid groups (broad SMARTS) is 1. The average Bonchev–Trinajstić information content (AvgIpc) is 2.44. The second-order valence-electron chi connectivity index (χ2n) is 5.67. The molecule has 1 aromatic rings. The number of benzene rings is 1. The highest BCUT2D eigenvalue weighted by atomic mass is 35.5. The first-order chi connectivity index (χ1) is 10.3. The summed E-state index contributed by atoms with van der Waals surface area (Å²) < 4.78 is 23.2. The second kappa shape index (κ2) is 7.23. The number of carbonyl (C=O) groups is 1. The Hall–Kier alpha value is -0.720. The van der Waals surface area contributed by atoms with Gasteiger partial charge in [0.2, 0.25) is 0 Å². The van der Waals surface area contributed by atoms with E-state index in [1.165, 1.54) is 12.1 Å². The quantitative estimate of drug-likeness (QED) is 0.868. The first kappa shape index (κ1) is 17.6. The number of aliphatic carboxylic acids is 1. The van der Waals surface area contributed by atoms with Gasteiger partial charge < -0.3 is 5.11 Å². The fourth-order valence-electron chi connectivity index (χ4n) is 2.74. The molecule has 0 spiro atoms. The van der Waals surface area contributed by atoms with Gasteiger partial charge >= 0.3 is 5.97 Å². The van der Waals surface area contributed by atoms with Crippen molar-refractivity contribution in [3.63, 3.8) is 0 Å². The number of thioether (sulfide) groups is 1. The highest BCUT2D eigenvalue weighted by Crippen LogP contribution is 2.34. The molecule has 122 valence electrons. The van der Waals surface area contributed by atoms with Crippen LogP contribution in [0.15, 0.2) is 23.1 Å². The molecule has 2 rings (SSSR count). The predicted molar refractivity (Wildman–Crippen MR) is 89.6 cm³/mol. The normalized spacial score (nSPS) is 20.5. The SMILES string of the molecule is CS(=O)(=O)c1ccc(C(C[C@H]2CCCSC2)C(=O)O)cc1Cl. The van der Waals surface area contributed by atoms with E-state index >= 15 is 0 Å². The molecule has 7 heteroatoms. The molecule has 0 aromatic heterocycles. The summed E-state index contributed by atoms with van der Waals surface area (Å²) in [5.74, 6) is 0.976. The van der Waals surface area contributed by atoms with Crippen LogP contribution < -0.4 is 0 Å². The molecule has 1 unspecified atom stereocenters. The van der Waals surface area contributed by atoms with E-state index in [1.807, 2.05) is 11.8 Å². The van der Waals surface area contributed by atoms with Crippen LogP contribution in [0.1, 0.15) is 30.7 Å². The van der Waals surface area contributed by atoms with E-state index < -0.39 is 21.7 Å². The van der Waals surface area contributed by atoms with Crippen molar-refractivity contribution in [2.45, 2.75) is 30.1 Å². The van der Waals surface area contributed by atoms with Gasteiger partial charge in [0.05, 0.1) is 15.8 Å². The smallest absolute Gasteiger partial charge is 0.310 e. The zero-order valence-corrected chi connectivity index (χ0v) is 14.7. The van der Waals surface area contributed by atoms with Gasteiger partial charge in [0.15, 0.2) is 9.84 Å². The van der Waals surface area contributed by atoms with Crippen LogP contribution in [0, 0.1) is 5.92 Å². The molecule has 0 aliphatic carbocycles. The second-order valence-corrected chi connectivity index (χ2v) is 9.21. The van der Waals surface area contributed by atoms with E-state index in [-0.39, 0.29) is 9.92 Å². The van der Waals surface area contributed by atoms with Crippen molar-refractivity contribution >= 4 is 39.2 Å². The van der Waals surface area contributed by atoms with Crippen LogP contribution in [0.5, 0.6) is 0 Å². The fourth-order valence-corrected chi connectivity index (χ4v) is 5.25. The molecule has 1 N–H and O–H groups in total. The van der Waals surface area contributed by atoms with Crippen molar-refractivity contribution < 1.29 is 18.3 Å². The van der Waals surface area contributed by atoms with Gasteiger partial charge in [-0.05, 0) is 54.4 Å². The van der Waals surface area contributed by atoms with Crippen LogP contribution in [-0.4, -0.2) is 37.3 Å². The monoisotopic (exact) mass is 362 g/mol. The lowest BCUT2D eigenvalue weighted by Crippen LogP contribution is -2.20. The summed E-state index contributed by atoms with van der Waals surface area (Å²) in [6, 6.07) is 4.45. The summed E-state index contributed by atoms with van der Waals surface area (Å²) in [5.41, 5.74) is 0.570. The molecule has 1 aromatic carbocycles. The maximum atomic E-state index is 11.6. The maximum absolute atomic E-state index is 11.6. The summed E-state index contributed by atoms with van der Waals surface area (Å²) in [7, 11) is -3.41. The van der Waals surface area contributed by atoms with E-state index in [2.05, 4.69) is 0 Å². The van der Waals surface area contributed by atoms with Crippen LogP contribution in [0.4, 0.5) is 0 Å². The number of sulfone groups is 1. The number of rotatable bonds is 5. The Morgan fingerprint density at radius 2 is 2.23 bits per heavy atom. The minimum absolute atomic E-state index is 0.0373. The van der Waals surface area contributed by atoms with Crippen molar-refractivity contribution in [2.24, 2.45) is 5.92 Å². The molecule has 0 radical (unpaired) electrons. The van der Waals surface area contributed by atoms with Gasteiger partial charge in [-0.2, -0.15) is 11.8 Å². The predicted octanol–water partition coefficient (Wildman–Crippen LogP) is 3.45. The van der Waals surface area contributed by atoms with Crippen LogP contribution in [0.3, 0.4) is 0 Å². The summed E-state index contributed by atoms with van der Waals surface area (Å²) in [5, 5.41) is 9.60. The molecule has 4 nitrogen and oxygen atoms in total.